The number of piperidine rings is 1. The van der Waals surface area contributed by atoms with E-state index in [0.717, 1.165) is 77.7 Å². The molecule has 8 nitrogen and oxygen atoms in total. The van der Waals surface area contributed by atoms with Gasteiger partial charge >= 0.3 is 0 Å². The van der Waals surface area contributed by atoms with Crippen molar-refractivity contribution in [3.63, 3.8) is 0 Å². The smallest absolute Gasteiger partial charge is 0.235 e. The van der Waals surface area contributed by atoms with Crippen LogP contribution in [0.1, 0.15) is 69.0 Å². The number of nitrogens with zero attached hydrogens (tertiary/aromatic N) is 4. The van der Waals surface area contributed by atoms with Crippen LogP contribution in [0.5, 0.6) is 5.75 Å². The number of piperazine rings is 1. The number of hydrogen-bond donors (Lipinski definition) is 1. The average molecular weight is 651 g/mol. The average Bonchev–Trinajstić information content (AvgIpc) is 3.34. The molecular formula is C34H44BrN5O3. The first kappa shape index (κ1) is 30.1. The molecule has 3 heterocycles. The molecule has 1 aromatic heterocycles. The molecule has 2 atom stereocenters. The van der Waals surface area contributed by atoms with E-state index in [1.807, 2.05) is 11.7 Å². The molecule has 230 valence electrons. The van der Waals surface area contributed by atoms with E-state index in [9.17, 15) is 9.59 Å². The molecule has 2 amide bonds. The number of carbonyl (C=O) groups is 2. The van der Waals surface area contributed by atoms with Gasteiger partial charge in [0.1, 0.15) is 5.75 Å². The normalized spacial score (nSPS) is 24.3. The summed E-state index contributed by atoms with van der Waals surface area (Å²) in [4.78, 5) is 29.2. The van der Waals surface area contributed by atoms with Gasteiger partial charge in [-0.25, -0.2) is 0 Å². The first-order valence-electron chi connectivity index (χ1n) is 16.0. The Bertz CT molecular complexity index is 1470. The Morgan fingerprint density at radius 2 is 1.81 bits per heavy atom. The monoisotopic (exact) mass is 649 g/mol. The number of benzene rings is 2. The number of fused-ring (bicyclic) bond motifs is 1. The summed E-state index contributed by atoms with van der Waals surface area (Å²) in [6.07, 6.45) is 7.28. The second kappa shape index (κ2) is 13.0. The number of imide groups is 1. The van der Waals surface area contributed by atoms with Crippen LogP contribution in [0.3, 0.4) is 0 Å². The highest BCUT2D eigenvalue weighted by molar-refractivity contribution is 9.10. The predicted molar refractivity (Wildman–Crippen MR) is 174 cm³/mol. The zero-order valence-corrected chi connectivity index (χ0v) is 27.2. The van der Waals surface area contributed by atoms with Crippen molar-refractivity contribution in [1.29, 1.82) is 0 Å². The highest BCUT2D eigenvalue weighted by Gasteiger charge is 2.32. The van der Waals surface area contributed by atoms with Crippen molar-refractivity contribution in [3.05, 3.63) is 52.1 Å². The molecule has 2 saturated heterocycles. The highest BCUT2D eigenvalue weighted by atomic mass is 79.9. The van der Waals surface area contributed by atoms with E-state index >= 15 is 0 Å². The minimum atomic E-state index is -0.372. The fourth-order valence-electron chi connectivity index (χ4n) is 7.20. The van der Waals surface area contributed by atoms with E-state index < -0.39 is 0 Å². The van der Waals surface area contributed by atoms with E-state index in [-0.39, 0.29) is 17.7 Å². The van der Waals surface area contributed by atoms with Crippen molar-refractivity contribution < 1.29 is 14.3 Å². The molecule has 2 aromatic carbocycles. The van der Waals surface area contributed by atoms with Crippen LogP contribution in [-0.2, 0) is 16.6 Å². The molecule has 1 unspecified atom stereocenters. The molecule has 3 aliphatic rings. The Morgan fingerprint density at radius 3 is 2.56 bits per heavy atom. The fourth-order valence-corrected chi connectivity index (χ4v) is 7.55. The largest absolute Gasteiger partial charge is 0.490 e. The number of carbonyl (C=O) groups excluding carboxylic acids is 2. The van der Waals surface area contributed by atoms with Gasteiger partial charge in [-0.05, 0) is 94.2 Å². The number of aromatic nitrogens is 2. The summed E-state index contributed by atoms with van der Waals surface area (Å²) in [5, 5.41) is 8.17. The number of ether oxygens (including phenoxy) is 1. The zero-order chi connectivity index (χ0) is 30.1. The molecule has 1 N–H and O–H groups in total. The van der Waals surface area contributed by atoms with Crippen LogP contribution < -0.4 is 15.0 Å². The lowest BCUT2D eigenvalue weighted by Crippen LogP contribution is -2.47. The number of rotatable bonds is 8. The number of aryl methyl sites for hydroxylation is 1. The molecule has 43 heavy (non-hydrogen) atoms. The maximum absolute atomic E-state index is 12.5. The lowest BCUT2D eigenvalue weighted by Gasteiger charge is -2.37. The minimum absolute atomic E-state index is 0.196. The van der Waals surface area contributed by atoms with Crippen LogP contribution in [0.15, 0.2) is 40.9 Å². The van der Waals surface area contributed by atoms with Crippen LogP contribution in [0.2, 0.25) is 0 Å². The summed E-state index contributed by atoms with van der Waals surface area (Å²) >= 11 is 3.62. The van der Waals surface area contributed by atoms with Gasteiger partial charge in [0.05, 0.1) is 23.2 Å². The third-order valence-corrected chi connectivity index (χ3v) is 11.0. The summed E-state index contributed by atoms with van der Waals surface area (Å²) in [6, 6.07) is 12.7. The van der Waals surface area contributed by atoms with Crippen molar-refractivity contribution in [2.24, 2.45) is 18.9 Å². The van der Waals surface area contributed by atoms with Gasteiger partial charge in [0, 0.05) is 60.8 Å². The first-order chi connectivity index (χ1) is 20.8. The van der Waals surface area contributed by atoms with Gasteiger partial charge in [-0.2, -0.15) is 5.10 Å². The van der Waals surface area contributed by atoms with Gasteiger partial charge in [0.2, 0.25) is 11.8 Å². The van der Waals surface area contributed by atoms with Crippen molar-refractivity contribution in [2.75, 3.05) is 37.6 Å². The third kappa shape index (κ3) is 6.63. The lowest BCUT2D eigenvalue weighted by molar-refractivity contribution is -0.134. The van der Waals surface area contributed by atoms with Gasteiger partial charge in [-0.15, -0.1) is 0 Å². The van der Waals surface area contributed by atoms with Crippen molar-refractivity contribution in [2.45, 2.75) is 70.8 Å². The summed E-state index contributed by atoms with van der Waals surface area (Å²) < 4.78 is 9.37. The molecule has 9 heteroatoms. The second-order valence-corrected chi connectivity index (χ2v) is 13.7. The SMILES string of the molecule is Cc1c(Br)cccc1OC1CCC([C@@H](C)CCN2CCN(c3ccc4c(C5CCC(=O)NC5=O)nn(C)c4c3)CC2)CC1. The van der Waals surface area contributed by atoms with Gasteiger partial charge < -0.3 is 9.64 Å². The maximum Gasteiger partial charge on any atom is 0.235 e. The van der Waals surface area contributed by atoms with E-state index in [1.54, 1.807) is 0 Å². The molecule has 2 aliphatic heterocycles. The minimum Gasteiger partial charge on any atom is -0.490 e. The second-order valence-electron chi connectivity index (χ2n) is 12.8. The zero-order valence-electron chi connectivity index (χ0n) is 25.7. The number of hydrogen-bond acceptors (Lipinski definition) is 6. The molecule has 1 saturated carbocycles. The maximum atomic E-state index is 12.5. The van der Waals surface area contributed by atoms with Gasteiger partial charge in [-0.3, -0.25) is 24.5 Å². The Kier molecular flexibility index (Phi) is 9.10. The van der Waals surface area contributed by atoms with Crippen molar-refractivity contribution in [1.82, 2.24) is 20.0 Å². The van der Waals surface area contributed by atoms with Crippen molar-refractivity contribution in [3.8, 4) is 5.75 Å². The summed E-state index contributed by atoms with van der Waals surface area (Å²) in [5.41, 5.74) is 4.19. The molecule has 1 aliphatic carbocycles. The van der Waals surface area contributed by atoms with E-state index in [0.29, 0.717) is 18.9 Å². The first-order valence-corrected chi connectivity index (χ1v) is 16.8. The molecule has 3 fully saturated rings. The summed E-state index contributed by atoms with van der Waals surface area (Å²) in [5.74, 6) is 1.74. The molecule has 3 aromatic rings. The molecule has 0 spiro atoms. The number of halogens is 1. The molecule has 0 bridgehead atoms. The molecular weight excluding hydrogens is 606 g/mol. The van der Waals surface area contributed by atoms with Crippen molar-refractivity contribution >= 4 is 44.3 Å². The third-order valence-electron chi connectivity index (χ3n) is 10.1. The quantitative estimate of drug-likeness (QED) is 0.304. The number of nitrogens with one attached hydrogen (secondary N) is 1. The summed E-state index contributed by atoms with van der Waals surface area (Å²) in [7, 11) is 1.93. The standard InChI is InChI=1S/C34H44BrN5O3/c1-22(24-7-10-26(11-8-24)43-31-6-4-5-29(35)23(31)2)15-16-39-17-19-40(20-18-39)25-9-12-27-30(21-25)38(3)37-33(27)28-13-14-32(41)36-34(28)42/h4-6,9,12,21-22,24,26,28H,7-8,10-11,13-20H2,1-3H3,(H,36,41,42)/t22-,24?,26?,28?/m0/s1. The van der Waals surface area contributed by atoms with Gasteiger partial charge in [0.25, 0.3) is 0 Å². The Morgan fingerprint density at radius 1 is 1.05 bits per heavy atom. The van der Waals surface area contributed by atoms with E-state index in [1.165, 1.54) is 37.1 Å². The van der Waals surface area contributed by atoms with Crippen LogP contribution in [0, 0.1) is 18.8 Å². The molecule has 6 rings (SSSR count). The molecule has 0 radical (unpaired) electrons. The number of anilines is 1. The van der Waals surface area contributed by atoms with E-state index in [2.05, 4.69) is 81.3 Å². The Hall–Kier alpha value is -2.91. The van der Waals surface area contributed by atoms with Crippen LogP contribution in [-0.4, -0.2) is 65.3 Å². The van der Waals surface area contributed by atoms with Gasteiger partial charge in [0.15, 0.2) is 0 Å². The summed E-state index contributed by atoms with van der Waals surface area (Å²) in [6.45, 7) is 9.90. The Balaban J connectivity index is 0.967. The van der Waals surface area contributed by atoms with Crippen LogP contribution in [0.4, 0.5) is 5.69 Å². The Labute approximate surface area is 263 Å². The fraction of sp³-hybridized carbons (Fsp3) is 0.559. The number of amides is 2. The predicted octanol–water partition coefficient (Wildman–Crippen LogP) is 5.95. The topological polar surface area (TPSA) is 79.7 Å². The highest BCUT2D eigenvalue weighted by Crippen LogP contribution is 2.36. The van der Waals surface area contributed by atoms with Crippen LogP contribution >= 0.6 is 15.9 Å². The van der Waals surface area contributed by atoms with Gasteiger partial charge in [-0.1, -0.05) is 28.9 Å². The lowest BCUT2D eigenvalue weighted by atomic mass is 9.78. The van der Waals surface area contributed by atoms with E-state index in [4.69, 9.17) is 9.84 Å². The van der Waals surface area contributed by atoms with Crippen LogP contribution in [0.25, 0.3) is 10.9 Å².